The average Bonchev–Trinajstić information content (AvgIpc) is 2.21. The zero-order chi connectivity index (χ0) is 12.1. The zero-order valence-corrected chi connectivity index (χ0v) is 11.1. The van der Waals surface area contributed by atoms with Gasteiger partial charge in [0, 0.05) is 5.54 Å². The van der Waals surface area contributed by atoms with Gasteiger partial charge in [0.05, 0.1) is 11.5 Å². The Hall–Kier alpha value is -0.550. The van der Waals surface area contributed by atoms with Crippen molar-refractivity contribution < 1.29 is 0 Å². The molecule has 2 heteroatoms. The van der Waals surface area contributed by atoms with Gasteiger partial charge in [0.15, 0.2) is 0 Å². The number of nitrogens with zero attached hydrogens (tertiary/aromatic N) is 1. The summed E-state index contributed by atoms with van der Waals surface area (Å²) in [7, 11) is 0. The molecule has 0 amide bonds. The van der Waals surface area contributed by atoms with Crippen molar-refractivity contribution in [3.8, 4) is 6.07 Å². The second-order valence-electron chi connectivity index (χ2n) is 5.87. The first-order valence-electron chi connectivity index (χ1n) is 6.70. The van der Waals surface area contributed by atoms with Gasteiger partial charge in [0.2, 0.25) is 0 Å². The fourth-order valence-electron chi connectivity index (χ4n) is 2.36. The molecule has 0 aromatic heterocycles. The van der Waals surface area contributed by atoms with Crippen LogP contribution in [0, 0.1) is 16.7 Å². The third kappa shape index (κ3) is 3.79. The molecule has 1 saturated carbocycles. The van der Waals surface area contributed by atoms with E-state index in [4.69, 9.17) is 5.26 Å². The summed E-state index contributed by atoms with van der Waals surface area (Å²) < 4.78 is 0. The summed E-state index contributed by atoms with van der Waals surface area (Å²) in [4.78, 5) is 0. The van der Waals surface area contributed by atoms with Gasteiger partial charge < -0.3 is 5.32 Å². The maximum absolute atomic E-state index is 8.90. The van der Waals surface area contributed by atoms with Crippen molar-refractivity contribution in [2.45, 2.75) is 71.3 Å². The van der Waals surface area contributed by atoms with Gasteiger partial charge in [-0.1, -0.05) is 13.3 Å². The minimum atomic E-state index is -0.140. The Labute approximate surface area is 100 Å². The van der Waals surface area contributed by atoms with Crippen LogP contribution in [0.15, 0.2) is 0 Å². The minimum Gasteiger partial charge on any atom is -0.311 e. The fourth-order valence-corrected chi connectivity index (χ4v) is 2.36. The number of hydrogen-bond donors (Lipinski definition) is 1. The lowest BCUT2D eigenvalue weighted by Crippen LogP contribution is -2.50. The lowest BCUT2D eigenvalue weighted by atomic mass is 9.75. The van der Waals surface area contributed by atoms with Crippen LogP contribution in [0.1, 0.15) is 65.7 Å². The van der Waals surface area contributed by atoms with E-state index in [0.29, 0.717) is 5.54 Å². The van der Waals surface area contributed by atoms with Crippen molar-refractivity contribution in [2.75, 3.05) is 6.54 Å². The highest BCUT2D eigenvalue weighted by molar-refractivity contribution is 4.94. The number of nitrogens with one attached hydrogen (secondary N) is 1. The predicted octanol–water partition coefficient (Wildman–Crippen LogP) is 3.63. The third-order valence-corrected chi connectivity index (χ3v) is 4.02. The Bertz CT molecular complexity index is 240. The summed E-state index contributed by atoms with van der Waals surface area (Å²) in [5, 5.41) is 12.6. The molecular formula is C14H26N2. The number of rotatable bonds is 7. The van der Waals surface area contributed by atoms with E-state index in [-0.39, 0.29) is 5.41 Å². The maximum atomic E-state index is 8.90. The van der Waals surface area contributed by atoms with Crippen LogP contribution in [0.4, 0.5) is 0 Å². The van der Waals surface area contributed by atoms with Gasteiger partial charge in [0.25, 0.3) is 0 Å². The summed E-state index contributed by atoms with van der Waals surface area (Å²) in [5.74, 6) is 0. The summed E-state index contributed by atoms with van der Waals surface area (Å²) in [5.41, 5.74) is 0.337. The molecule has 1 aliphatic carbocycles. The third-order valence-electron chi connectivity index (χ3n) is 4.02. The standard InChI is InChI=1S/C14H26N2/c1-4-14(9-7-10-14)16-11-6-5-8-13(2,3)12-15/h16H,4-11H2,1-3H3. The molecule has 0 aliphatic heterocycles. The Morgan fingerprint density at radius 3 is 2.44 bits per heavy atom. The molecule has 1 rings (SSSR count). The predicted molar refractivity (Wildman–Crippen MR) is 68.1 cm³/mol. The zero-order valence-electron chi connectivity index (χ0n) is 11.1. The molecule has 1 aliphatic rings. The molecule has 0 saturated heterocycles. The van der Waals surface area contributed by atoms with Gasteiger partial charge >= 0.3 is 0 Å². The normalized spacial score (nSPS) is 18.9. The summed E-state index contributed by atoms with van der Waals surface area (Å²) in [6.45, 7) is 7.46. The van der Waals surface area contributed by atoms with E-state index in [1.54, 1.807) is 0 Å². The molecule has 0 bridgehead atoms. The van der Waals surface area contributed by atoms with Crippen LogP contribution in [0.2, 0.25) is 0 Å². The molecule has 1 N–H and O–H groups in total. The van der Waals surface area contributed by atoms with E-state index in [0.717, 1.165) is 19.4 Å². The van der Waals surface area contributed by atoms with E-state index in [9.17, 15) is 0 Å². The van der Waals surface area contributed by atoms with Crippen LogP contribution in [0.25, 0.3) is 0 Å². The first-order valence-corrected chi connectivity index (χ1v) is 6.70. The molecule has 0 atom stereocenters. The van der Waals surface area contributed by atoms with Crippen molar-refractivity contribution in [1.29, 1.82) is 5.26 Å². The van der Waals surface area contributed by atoms with Crippen molar-refractivity contribution in [1.82, 2.24) is 5.32 Å². The van der Waals surface area contributed by atoms with E-state index >= 15 is 0 Å². The smallest absolute Gasteiger partial charge is 0.0683 e. The van der Waals surface area contributed by atoms with Gasteiger partial charge in [-0.2, -0.15) is 5.26 Å². The number of unbranched alkanes of at least 4 members (excludes halogenated alkanes) is 1. The molecular weight excluding hydrogens is 196 g/mol. The van der Waals surface area contributed by atoms with Gasteiger partial charge in [-0.05, 0) is 58.9 Å². The molecule has 0 spiro atoms. The van der Waals surface area contributed by atoms with Crippen LogP contribution in [0.3, 0.4) is 0 Å². The van der Waals surface area contributed by atoms with Crippen LogP contribution in [-0.2, 0) is 0 Å². The lowest BCUT2D eigenvalue weighted by molar-refractivity contribution is 0.176. The quantitative estimate of drug-likeness (QED) is 0.668. The van der Waals surface area contributed by atoms with Gasteiger partial charge in [-0.3, -0.25) is 0 Å². The molecule has 0 unspecified atom stereocenters. The topological polar surface area (TPSA) is 35.8 Å². The number of hydrogen-bond acceptors (Lipinski definition) is 2. The Kier molecular flexibility index (Phi) is 4.80. The molecule has 2 nitrogen and oxygen atoms in total. The van der Waals surface area contributed by atoms with Crippen molar-refractivity contribution in [3.05, 3.63) is 0 Å². The fraction of sp³-hybridized carbons (Fsp3) is 0.929. The maximum Gasteiger partial charge on any atom is 0.0683 e. The van der Waals surface area contributed by atoms with Crippen LogP contribution in [-0.4, -0.2) is 12.1 Å². The van der Waals surface area contributed by atoms with Gasteiger partial charge in [0.1, 0.15) is 0 Å². The summed E-state index contributed by atoms with van der Waals surface area (Å²) in [6, 6.07) is 2.36. The molecule has 16 heavy (non-hydrogen) atoms. The van der Waals surface area contributed by atoms with Crippen molar-refractivity contribution in [2.24, 2.45) is 5.41 Å². The first kappa shape index (κ1) is 13.5. The Balaban J connectivity index is 2.06. The lowest BCUT2D eigenvalue weighted by Gasteiger charge is -2.42. The highest BCUT2D eigenvalue weighted by atomic mass is 15.0. The highest BCUT2D eigenvalue weighted by Crippen LogP contribution is 2.34. The molecule has 1 fully saturated rings. The molecule has 92 valence electrons. The molecule has 0 aromatic rings. The number of nitriles is 1. The van der Waals surface area contributed by atoms with E-state index in [1.165, 1.54) is 32.1 Å². The largest absolute Gasteiger partial charge is 0.311 e. The van der Waals surface area contributed by atoms with Crippen molar-refractivity contribution >= 4 is 0 Å². The summed E-state index contributed by atoms with van der Waals surface area (Å²) >= 11 is 0. The SMILES string of the molecule is CCC1(NCCCCC(C)(C)C#N)CCC1. The molecule has 0 heterocycles. The Morgan fingerprint density at radius 2 is 2.00 bits per heavy atom. The second kappa shape index (κ2) is 5.68. The minimum absolute atomic E-state index is 0.140. The molecule has 0 radical (unpaired) electrons. The molecule has 0 aromatic carbocycles. The average molecular weight is 222 g/mol. The van der Waals surface area contributed by atoms with Gasteiger partial charge in [-0.15, -0.1) is 0 Å². The van der Waals surface area contributed by atoms with E-state index in [2.05, 4.69) is 18.3 Å². The van der Waals surface area contributed by atoms with E-state index in [1.807, 2.05) is 13.8 Å². The van der Waals surface area contributed by atoms with Crippen LogP contribution in [0.5, 0.6) is 0 Å². The Morgan fingerprint density at radius 1 is 1.31 bits per heavy atom. The van der Waals surface area contributed by atoms with E-state index < -0.39 is 0 Å². The second-order valence-corrected chi connectivity index (χ2v) is 5.87. The first-order chi connectivity index (χ1) is 7.54. The summed E-state index contributed by atoms with van der Waals surface area (Å²) in [6.07, 6.45) is 8.74. The van der Waals surface area contributed by atoms with Gasteiger partial charge in [-0.25, -0.2) is 0 Å². The van der Waals surface area contributed by atoms with Crippen molar-refractivity contribution in [3.63, 3.8) is 0 Å². The van der Waals surface area contributed by atoms with Crippen LogP contribution < -0.4 is 5.32 Å². The monoisotopic (exact) mass is 222 g/mol. The highest BCUT2D eigenvalue weighted by Gasteiger charge is 2.33. The van der Waals surface area contributed by atoms with Crippen LogP contribution >= 0.6 is 0 Å².